The number of nitrogens with one attached hydrogen (secondary N) is 2. The summed E-state index contributed by atoms with van der Waals surface area (Å²) in [6, 6.07) is 7.64. The number of anilines is 1. The summed E-state index contributed by atoms with van der Waals surface area (Å²) in [5.41, 5.74) is 1.74. The molecule has 4 rings (SSSR count). The summed E-state index contributed by atoms with van der Waals surface area (Å²) in [5, 5.41) is 6.24. The molecule has 3 aliphatic rings. The molecular formula is C16H19N3O2. The van der Waals surface area contributed by atoms with Crippen LogP contribution in [-0.2, 0) is 9.59 Å². The lowest BCUT2D eigenvalue weighted by Gasteiger charge is -2.28. The predicted octanol–water partition coefficient (Wildman–Crippen LogP) is 0.790. The zero-order valence-corrected chi connectivity index (χ0v) is 11.8. The summed E-state index contributed by atoms with van der Waals surface area (Å²) in [4.78, 5) is 26.7. The van der Waals surface area contributed by atoms with Crippen LogP contribution in [0.1, 0.15) is 17.9 Å². The maximum atomic E-state index is 12.9. The average Bonchev–Trinajstić information content (AvgIpc) is 3.06. The van der Waals surface area contributed by atoms with Crippen molar-refractivity contribution in [3.8, 4) is 0 Å². The molecular weight excluding hydrogens is 266 g/mol. The van der Waals surface area contributed by atoms with Crippen molar-refractivity contribution in [3.63, 3.8) is 0 Å². The highest BCUT2D eigenvalue weighted by atomic mass is 16.2. The molecule has 1 aromatic carbocycles. The van der Waals surface area contributed by atoms with Crippen molar-refractivity contribution in [1.82, 2.24) is 10.2 Å². The van der Waals surface area contributed by atoms with Gasteiger partial charge in [0.1, 0.15) is 0 Å². The number of fused-ring (bicyclic) bond motifs is 2. The molecule has 0 aromatic heterocycles. The van der Waals surface area contributed by atoms with Crippen molar-refractivity contribution < 1.29 is 9.59 Å². The number of hydrogen-bond acceptors (Lipinski definition) is 3. The van der Waals surface area contributed by atoms with Crippen molar-refractivity contribution >= 4 is 17.5 Å². The number of carbonyl (C=O) groups is 2. The van der Waals surface area contributed by atoms with E-state index in [2.05, 4.69) is 10.6 Å². The van der Waals surface area contributed by atoms with E-state index in [0.29, 0.717) is 11.8 Å². The van der Waals surface area contributed by atoms with Crippen LogP contribution in [0.3, 0.4) is 0 Å². The third-order valence-corrected chi connectivity index (χ3v) is 5.00. The summed E-state index contributed by atoms with van der Waals surface area (Å²) in [6.07, 6.45) is 0.264. The first-order valence-electron chi connectivity index (χ1n) is 7.60. The van der Waals surface area contributed by atoms with Crippen LogP contribution in [0.4, 0.5) is 5.69 Å². The van der Waals surface area contributed by atoms with Gasteiger partial charge in [-0.1, -0.05) is 18.2 Å². The van der Waals surface area contributed by atoms with Crippen LogP contribution >= 0.6 is 0 Å². The fraction of sp³-hybridized carbons (Fsp3) is 0.500. The van der Waals surface area contributed by atoms with Crippen LogP contribution in [0.25, 0.3) is 0 Å². The van der Waals surface area contributed by atoms with E-state index in [1.165, 1.54) is 0 Å². The van der Waals surface area contributed by atoms with Crippen LogP contribution in [0.2, 0.25) is 0 Å². The second kappa shape index (κ2) is 4.84. The van der Waals surface area contributed by atoms with Crippen molar-refractivity contribution in [2.24, 2.45) is 11.8 Å². The number of benzene rings is 1. The molecule has 21 heavy (non-hydrogen) atoms. The minimum atomic E-state index is -0.318. The topological polar surface area (TPSA) is 61.4 Å². The van der Waals surface area contributed by atoms with Crippen LogP contribution in [0.15, 0.2) is 24.3 Å². The Kier molecular flexibility index (Phi) is 2.96. The molecule has 2 fully saturated rings. The first kappa shape index (κ1) is 12.8. The highest BCUT2D eigenvalue weighted by Crippen LogP contribution is 2.35. The fourth-order valence-corrected chi connectivity index (χ4v) is 3.89. The van der Waals surface area contributed by atoms with Gasteiger partial charge in [0.15, 0.2) is 0 Å². The van der Waals surface area contributed by atoms with E-state index in [0.717, 1.165) is 37.4 Å². The molecule has 3 aliphatic heterocycles. The molecule has 0 radical (unpaired) electrons. The van der Waals surface area contributed by atoms with E-state index in [-0.39, 0.29) is 24.2 Å². The Hall–Kier alpha value is -1.88. The van der Waals surface area contributed by atoms with Crippen molar-refractivity contribution in [3.05, 3.63) is 29.8 Å². The van der Waals surface area contributed by atoms with E-state index >= 15 is 0 Å². The quantitative estimate of drug-likeness (QED) is 0.802. The lowest BCUT2D eigenvalue weighted by molar-refractivity contribution is -0.134. The highest BCUT2D eigenvalue weighted by molar-refractivity contribution is 6.01. The molecule has 2 N–H and O–H groups in total. The van der Waals surface area contributed by atoms with Gasteiger partial charge in [0.05, 0.1) is 5.92 Å². The number of nitrogens with zero attached hydrogens (tertiary/aromatic N) is 1. The van der Waals surface area contributed by atoms with Crippen LogP contribution in [0, 0.1) is 11.8 Å². The highest BCUT2D eigenvalue weighted by Gasteiger charge is 2.41. The van der Waals surface area contributed by atoms with E-state index < -0.39 is 0 Å². The Bertz CT molecular complexity index is 589. The van der Waals surface area contributed by atoms with Gasteiger partial charge in [-0.25, -0.2) is 0 Å². The second-order valence-electron chi connectivity index (χ2n) is 6.31. The molecule has 110 valence electrons. The monoisotopic (exact) mass is 285 g/mol. The van der Waals surface area contributed by atoms with E-state index in [1.54, 1.807) is 0 Å². The molecule has 2 saturated heterocycles. The Morgan fingerprint density at radius 3 is 2.62 bits per heavy atom. The Balaban J connectivity index is 1.59. The molecule has 1 unspecified atom stereocenters. The predicted molar refractivity (Wildman–Crippen MR) is 78.9 cm³/mol. The molecule has 0 spiro atoms. The lowest BCUT2D eigenvalue weighted by atomic mass is 9.89. The van der Waals surface area contributed by atoms with Gasteiger partial charge in [0.25, 0.3) is 0 Å². The van der Waals surface area contributed by atoms with Gasteiger partial charge in [-0.05, 0) is 23.5 Å². The summed E-state index contributed by atoms with van der Waals surface area (Å²) in [6.45, 7) is 3.68. The number of hydrogen-bond donors (Lipinski definition) is 2. The SMILES string of the molecule is O=C1CC(C(=O)N2C[C@H]3CNC[C@H]3C2)c2ccccc2N1. The van der Waals surface area contributed by atoms with Crippen molar-refractivity contribution in [2.75, 3.05) is 31.5 Å². The van der Waals surface area contributed by atoms with Crippen molar-refractivity contribution in [1.29, 1.82) is 0 Å². The Morgan fingerprint density at radius 1 is 1.14 bits per heavy atom. The minimum Gasteiger partial charge on any atom is -0.341 e. The largest absolute Gasteiger partial charge is 0.341 e. The molecule has 3 heterocycles. The van der Waals surface area contributed by atoms with Crippen molar-refractivity contribution in [2.45, 2.75) is 12.3 Å². The van der Waals surface area contributed by atoms with Crippen LogP contribution in [-0.4, -0.2) is 42.9 Å². The molecule has 2 amide bonds. The fourth-order valence-electron chi connectivity index (χ4n) is 3.89. The number of para-hydroxylation sites is 1. The zero-order chi connectivity index (χ0) is 14.4. The molecule has 0 aliphatic carbocycles. The first-order valence-corrected chi connectivity index (χ1v) is 7.60. The van der Waals surface area contributed by atoms with E-state index in [4.69, 9.17) is 0 Å². The molecule has 0 saturated carbocycles. The van der Waals surface area contributed by atoms with E-state index in [9.17, 15) is 9.59 Å². The summed E-state index contributed by atoms with van der Waals surface area (Å²) < 4.78 is 0. The number of rotatable bonds is 1. The molecule has 3 atom stereocenters. The van der Waals surface area contributed by atoms with Gasteiger partial charge in [0, 0.05) is 38.3 Å². The molecule has 0 bridgehead atoms. The molecule has 1 aromatic rings. The summed E-state index contributed by atoms with van der Waals surface area (Å²) in [5.74, 6) is 0.907. The van der Waals surface area contributed by atoms with Gasteiger partial charge >= 0.3 is 0 Å². The Morgan fingerprint density at radius 2 is 1.86 bits per heavy atom. The van der Waals surface area contributed by atoms with Gasteiger partial charge < -0.3 is 15.5 Å². The summed E-state index contributed by atoms with van der Waals surface area (Å²) >= 11 is 0. The normalized spacial score (nSPS) is 30.8. The third-order valence-electron chi connectivity index (χ3n) is 5.00. The molecule has 5 heteroatoms. The van der Waals surface area contributed by atoms with Crippen LogP contribution in [0.5, 0.6) is 0 Å². The number of amides is 2. The van der Waals surface area contributed by atoms with Gasteiger partial charge in [-0.2, -0.15) is 0 Å². The van der Waals surface area contributed by atoms with Crippen LogP contribution < -0.4 is 10.6 Å². The minimum absolute atomic E-state index is 0.0619. The zero-order valence-electron chi connectivity index (χ0n) is 11.8. The lowest BCUT2D eigenvalue weighted by Crippen LogP contribution is -2.38. The third kappa shape index (κ3) is 2.12. The smallest absolute Gasteiger partial charge is 0.230 e. The second-order valence-corrected chi connectivity index (χ2v) is 6.31. The van der Waals surface area contributed by atoms with Gasteiger partial charge in [-0.15, -0.1) is 0 Å². The number of carbonyl (C=O) groups excluding carboxylic acids is 2. The van der Waals surface area contributed by atoms with Gasteiger partial charge in [0.2, 0.25) is 11.8 Å². The maximum Gasteiger partial charge on any atom is 0.230 e. The van der Waals surface area contributed by atoms with E-state index in [1.807, 2.05) is 29.2 Å². The standard InChI is InChI=1S/C16H19N3O2/c20-15-5-13(12-3-1-2-4-14(12)18-15)16(21)19-8-10-6-17-7-11(10)9-19/h1-4,10-11,13,17H,5-9H2,(H,18,20)/t10-,11+,13?. The average molecular weight is 285 g/mol. The summed E-state index contributed by atoms with van der Waals surface area (Å²) in [7, 11) is 0. The number of likely N-dealkylation sites (tertiary alicyclic amines) is 1. The maximum absolute atomic E-state index is 12.9. The van der Waals surface area contributed by atoms with Gasteiger partial charge in [-0.3, -0.25) is 9.59 Å². The Labute approximate surface area is 123 Å². The first-order chi connectivity index (χ1) is 10.2. The molecule has 5 nitrogen and oxygen atoms in total.